The number of aromatic nitrogens is 3. The molecule has 0 aliphatic carbocycles. The molecule has 2 aliphatic heterocycles. The summed E-state index contributed by atoms with van der Waals surface area (Å²) >= 11 is 0. The molecular formula is C11H16N8O2. The van der Waals surface area contributed by atoms with Crippen LogP contribution in [-0.4, -0.2) is 52.9 Å². The van der Waals surface area contributed by atoms with Crippen molar-refractivity contribution in [3.63, 3.8) is 0 Å². The van der Waals surface area contributed by atoms with E-state index in [2.05, 4.69) is 25.7 Å². The molecule has 1 aromatic heterocycles. The molecule has 10 heteroatoms. The standard InChI is InChI=1S/C11H16N8O2/c12-17-9-14-10(18-3-1-2-4-18)16-11(15-9)19-5-7(20)13-8(21)6-19/h1-6,12H2,(H,13,20,21)(H,14,15,16,17). The van der Waals surface area contributed by atoms with Gasteiger partial charge in [0.25, 0.3) is 0 Å². The number of nitrogens with two attached hydrogens (primary N) is 1. The van der Waals surface area contributed by atoms with Gasteiger partial charge in [-0.25, -0.2) is 5.84 Å². The monoisotopic (exact) mass is 292 g/mol. The van der Waals surface area contributed by atoms with Gasteiger partial charge in [-0.1, -0.05) is 0 Å². The minimum atomic E-state index is -0.378. The fourth-order valence-corrected chi connectivity index (χ4v) is 2.40. The summed E-state index contributed by atoms with van der Waals surface area (Å²) in [5.74, 6) is 5.61. The first-order chi connectivity index (χ1) is 10.2. The Morgan fingerprint density at radius 3 is 2.10 bits per heavy atom. The Labute approximate surface area is 120 Å². The van der Waals surface area contributed by atoms with Gasteiger partial charge in [0, 0.05) is 13.1 Å². The van der Waals surface area contributed by atoms with Gasteiger partial charge in [-0.05, 0) is 12.8 Å². The molecule has 0 atom stereocenters. The van der Waals surface area contributed by atoms with Crippen LogP contribution in [0.4, 0.5) is 17.8 Å². The van der Waals surface area contributed by atoms with Crippen LogP contribution in [0.5, 0.6) is 0 Å². The van der Waals surface area contributed by atoms with Crippen LogP contribution in [0.3, 0.4) is 0 Å². The van der Waals surface area contributed by atoms with Crippen LogP contribution in [0.1, 0.15) is 12.8 Å². The maximum absolute atomic E-state index is 11.5. The topological polar surface area (TPSA) is 129 Å². The average Bonchev–Trinajstić information content (AvgIpc) is 3.00. The molecule has 0 unspecified atom stereocenters. The van der Waals surface area contributed by atoms with Crippen molar-refractivity contribution in [2.24, 2.45) is 5.84 Å². The second-order valence-corrected chi connectivity index (χ2v) is 4.92. The van der Waals surface area contributed by atoms with Gasteiger partial charge >= 0.3 is 0 Å². The van der Waals surface area contributed by atoms with Crippen molar-refractivity contribution in [1.82, 2.24) is 20.3 Å². The van der Waals surface area contributed by atoms with Gasteiger partial charge in [-0.2, -0.15) is 15.0 Å². The predicted molar refractivity (Wildman–Crippen MR) is 74.4 cm³/mol. The van der Waals surface area contributed by atoms with Gasteiger partial charge in [0.05, 0.1) is 0 Å². The first kappa shape index (κ1) is 13.5. The smallest absolute Gasteiger partial charge is 0.246 e. The van der Waals surface area contributed by atoms with Crippen molar-refractivity contribution in [3.8, 4) is 0 Å². The Morgan fingerprint density at radius 2 is 1.52 bits per heavy atom. The molecular weight excluding hydrogens is 276 g/mol. The molecule has 0 aromatic carbocycles. The number of amides is 2. The fraction of sp³-hybridized carbons (Fsp3) is 0.545. The lowest BCUT2D eigenvalue weighted by Gasteiger charge is -2.26. The maximum Gasteiger partial charge on any atom is 0.246 e. The molecule has 0 bridgehead atoms. The third kappa shape index (κ3) is 2.84. The Morgan fingerprint density at radius 1 is 0.952 bits per heavy atom. The van der Waals surface area contributed by atoms with Crippen LogP contribution in [0.2, 0.25) is 0 Å². The number of hydrogen-bond donors (Lipinski definition) is 3. The number of carbonyl (C=O) groups excluding carboxylic acids is 2. The summed E-state index contributed by atoms with van der Waals surface area (Å²) in [6, 6.07) is 0. The third-order valence-electron chi connectivity index (χ3n) is 3.36. The van der Waals surface area contributed by atoms with E-state index < -0.39 is 0 Å². The van der Waals surface area contributed by atoms with Gasteiger partial charge in [-0.15, -0.1) is 0 Å². The minimum absolute atomic E-state index is 0.0270. The molecule has 2 amide bonds. The number of anilines is 3. The van der Waals surface area contributed by atoms with Gasteiger partial charge in [0.1, 0.15) is 13.1 Å². The first-order valence-corrected chi connectivity index (χ1v) is 6.71. The zero-order valence-electron chi connectivity index (χ0n) is 11.4. The summed E-state index contributed by atoms with van der Waals surface area (Å²) in [7, 11) is 0. The SMILES string of the molecule is NNc1nc(N2CCCC2)nc(N2CC(=O)NC(=O)C2)n1. The quantitative estimate of drug-likeness (QED) is 0.336. The number of hydrazine groups is 1. The second-order valence-electron chi connectivity index (χ2n) is 4.92. The molecule has 4 N–H and O–H groups in total. The Balaban J connectivity index is 1.91. The summed E-state index contributed by atoms with van der Waals surface area (Å²) in [4.78, 5) is 39.1. The van der Waals surface area contributed by atoms with Crippen molar-refractivity contribution in [2.75, 3.05) is 41.4 Å². The van der Waals surface area contributed by atoms with Gasteiger partial charge in [0.2, 0.25) is 29.7 Å². The van der Waals surface area contributed by atoms with Crippen LogP contribution >= 0.6 is 0 Å². The van der Waals surface area contributed by atoms with E-state index >= 15 is 0 Å². The fourth-order valence-electron chi connectivity index (χ4n) is 2.40. The number of nitrogen functional groups attached to an aromatic ring is 1. The molecule has 0 spiro atoms. The average molecular weight is 292 g/mol. The van der Waals surface area contributed by atoms with Crippen LogP contribution in [0.25, 0.3) is 0 Å². The van der Waals surface area contributed by atoms with E-state index in [1.54, 1.807) is 0 Å². The lowest BCUT2D eigenvalue weighted by molar-refractivity contribution is -0.130. The largest absolute Gasteiger partial charge is 0.341 e. The van der Waals surface area contributed by atoms with E-state index in [1.807, 2.05) is 4.90 Å². The van der Waals surface area contributed by atoms with Crippen LogP contribution in [0.15, 0.2) is 0 Å². The summed E-state index contributed by atoms with van der Waals surface area (Å²) in [6.45, 7) is 1.79. The highest BCUT2D eigenvalue weighted by molar-refractivity contribution is 6.02. The molecule has 2 aliphatic rings. The van der Waals surface area contributed by atoms with E-state index in [0.29, 0.717) is 5.95 Å². The number of hydrogen-bond acceptors (Lipinski definition) is 9. The summed E-state index contributed by atoms with van der Waals surface area (Å²) in [6.07, 6.45) is 2.16. The highest BCUT2D eigenvalue weighted by Gasteiger charge is 2.26. The van der Waals surface area contributed by atoms with E-state index in [0.717, 1.165) is 25.9 Å². The summed E-state index contributed by atoms with van der Waals surface area (Å²) in [5.41, 5.74) is 2.39. The number of nitrogens with one attached hydrogen (secondary N) is 2. The summed E-state index contributed by atoms with van der Waals surface area (Å²) in [5, 5.41) is 2.24. The number of nitrogens with zero attached hydrogens (tertiary/aromatic N) is 5. The van der Waals surface area contributed by atoms with Crippen molar-refractivity contribution < 1.29 is 9.59 Å². The number of rotatable bonds is 3. The van der Waals surface area contributed by atoms with Gasteiger partial charge < -0.3 is 9.80 Å². The Hall–Kier alpha value is -2.49. The molecule has 2 saturated heterocycles. The normalized spacial score (nSPS) is 18.9. The minimum Gasteiger partial charge on any atom is -0.341 e. The third-order valence-corrected chi connectivity index (χ3v) is 3.36. The van der Waals surface area contributed by atoms with E-state index in [-0.39, 0.29) is 36.8 Å². The van der Waals surface area contributed by atoms with Crippen molar-refractivity contribution in [3.05, 3.63) is 0 Å². The lowest BCUT2D eigenvalue weighted by atomic mass is 10.3. The van der Waals surface area contributed by atoms with Crippen molar-refractivity contribution >= 4 is 29.7 Å². The zero-order chi connectivity index (χ0) is 14.8. The molecule has 0 saturated carbocycles. The first-order valence-electron chi connectivity index (χ1n) is 6.71. The Bertz CT molecular complexity index is 555. The summed E-state index contributed by atoms with van der Waals surface area (Å²) < 4.78 is 0. The molecule has 112 valence electrons. The predicted octanol–water partition coefficient (Wildman–Crippen LogP) is -1.78. The molecule has 3 heterocycles. The lowest BCUT2D eigenvalue weighted by Crippen LogP contribution is -2.52. The highest BCUT2D eigenvalue weighted by atomic mass is 16.2. The Kier molecular flexibility index (Phi) is 3.52. The molecule has 3 rings (SSSR count). The molecule has 10 nitrogen and oxygen atoms in total. The molecule has 2 fully saturated rings. The van der Waals surface area contributed by atoms with Crippen LogP contribution in [-0.2, 0) is 9.59 Å². The van der Waals surface area contributed by atoms with Gasteiger partial charge in [-0.3, -0.25) is 20.3 Å². The number of piperazine rings is 1. The van der Waals surface area contributed by atoms with Crippen molar-refractivity contribution in [2.45, 2.75) is 12.8 Å². The van der Waals surface area contributed by atoms with E-state index in [9.17, 15) is 9.59 Å². The van der Waals surface area contributed by atoms with Gasteiger partial charge in [0.15, 0.2) is 0 Å². The molecule has 1 aromatic rings. The zero-order valence-corrected chi connectivity index (χ0v) is 11.4. The van der Waals surface area contributed by atoms with Crippen LogP contribution < -0.4 is 26.4 Å². The molecule has 0 radical (unpaired) electrons. The maximum atomic E-state index is 11.5. The number of carbonyl (C=O) groups is 2. The second kappa shape index (κ2) is 5.48. The molecule has 21 heavy (non-hydrogen) atoms. The van der Waals surface area contributed by atoms with Crippen molar-refractivity contribution in [1.29, 1.82) is 0 Å². The van der Waals surface area contributed by atoms with E-state index in [4.69, 9.17) is 5.84 Å². The highest BCUT2D eigenvalue weighted by Crippen LogP contribution is 2.20. The number of imide groups is 1. The van der Waals surface area contributed by atoms with Crippen LogP contribution in [0, 0.1) is 0 Å². The van der Waals surface area contributed by atoms with E-state index in [1.165, 1.54) is 4.90 Å².